The van der Waals surface area contributed by atoms with Gasteiger partial charge in [0.25, 0.3) is 10.0 Å². The molecule has 112 valence electrons. The molecule has 1 heterocycles. The highest BCUT2D eigenvalue weighted by Crippen LogP contribution is 2.28. The summed E-state index contributed by atoms with van der Waals surface area (Å²) in [7, 11) is -3.80. The van der Waals surface area contributed by atoms with Crippen molar-refractivity contribution in [3.8, 4) is 0 Å². The van der Waals surface area contributed by atoms with E-state index in [4.69, 9.17) is 14.3 Å². The third-order valence-corrected chi connectivity index (χ3v) is 4.20. The minimum absolute atomic E-state index is 0.218. The molecular formula is C12H17NO6S. The number of furan rings is 1. The van der Waals surface area contributed by atoms with E-state index in [1.54, 1.807) is 0 Å². The zero-order valence-corrected chi connectivity index (χ0v) is 11.7. The largest absolute Gasteiger partial charge is 0.475 e. The van der Waals surface area contributed by atoms with E-state index in [-0.39, 0.29) is 6.54 Å². The lowest BCUT2D eigenvalue weighted by Crippen LogP contribution is -2.25. The molecule has 1 aliphatic rings. The molecule has 20 heavy (non-hydrogen) atoms. The molecular weight excluding hydrogens is 286 g/mol. The third-order valence-electron chi connectivity index (χ3n) is 2.86. The Labute approximate surface area is 117 Å². The van der Waals surface area contributed by atoms with Crippen molar-refractivity contribution in [2.45, 2.75) is 24.4 Å². The number of rotatable bonds is 9. The van der Waals surface area contributed by atoms with Gasteiger partial charge in [0, 0.05) is 19.8 Å². The second kappa shape index (κ2) is 6.38. The fraction of sp³-hybridized carbons (Fsp3) is 0.583. The van der Waals surface area contributed by atoms with Crippen LogP contribution in [0.25, 0.3) is 0 Å². The molecule has 1 aromatic heterocycles. The molecule has 1 fully saturated rings. The number of carbonyl (C=O) groups is 1. The van der Waals surface area contributed by atoms with Gasteiger partial charge < -0.3 is 14.3 Å². The van der Waals surface area contributed by atoms with E-state index in [1.807, 2.05) is 0 Å². The zero-order valence-electron chi connectivity index (χ0n) is 10.9. The summed E-state index contributed by atoms with van der Waals surface area (Å²) in [5.74, 6) is -1.03. The number of carboxylic acid groups (broad SMARTS) is 1. The summed E-state index contributed by atoms with van der Waals surface area (Å²) in [6, 6.07) is 2.23. The summed E-state index contributed by atoms with van der Waals surface area (Å²) in [4.78, 5) is 10.6. The average molecular weight is 303 g/mol. The van der Waals surface area contributed by atoms with E-state index in [0.717, 1.165) is 18.7 Å². The normalized spacial score (nSPS) is 15.4. The van der Waals surface area contributed by atoms with Crippen molar-refractivity contribution in [3.63, 3.8) is 0 Å². The van der Waals surface area contributed by atoms with Crippen LogP contribution in [0.15, 0.2) is 21.6 Å². The first-order valence-corrected chi connectivity index (χ1v) is 7.88. The van der Waals surface area contributed by atoms with Gasteiger partial charge in [-0.15, -0.1) is 0 Å². The number of ether oxygens (including phenoxy) is 1. The second-order valence-corrected chi connectivity index (χ2v) is 6.39. The number of hydrogen-bond donors (Lipinski definition) is 2. The molecule has 0 spiro atoms. The Hall–Kier alpha value is -1.38. The summed E-state index contributed by atoms with van der Waals surface area (Å²) >= 11 is 0. The molecule has 0 aliphatic heterocycles. The first-order valence-electron chi connectivity index (χ1n) is 6.39. The minimum atomic E-state index is -3.80. The molecule has 2 rings (SSSR count). The molecule has 1 saturated carbocycles. The molecule has 0 unspecified atom stereocenters. The van der Waals surface area contributed by atoms with E-state index >= 15 is 0 Å². The molecule has 0 bridgehead atoms. The van der Waals surface area contributed by atoms with Crippen LogP contribution in [0, 0.1) is 5.92 Å². The maximum Gasteiger partial charge on any atom is 0.371 e. The SMILES string of the molecule is O=C(O)c1ccc(S(=O)(=O)NCCCOCC2CC2)o1. The Morgan fingerprint density at radius 3 is 2.80 bits per heavy atom. The molecule has 1 aliphatic carbocycles. The van der Waals surface area contributed by atoms with Crippen LogP contribution < -0.4 is 4.72 Å². The third kappa shape index (κ3) is 4.32. The summed E-state index contributed by atoms with van der Waals surface area (Å²) in [6.45, 7) is 1.46. The molecule has 8 heteroatoms. The number of aromatic carboxylic acids is 1. The molecule has 0 amide bonds. The number of carboxylic acids is 1. The van der Waals surface area contributed by atoms with Crippen molar-refractivity contribution in [2.75, 3.05) is 19.8 Å². The van der Waals surface area contributed by atoms with Crippen molar-refractivity contribution >= 4 is 16.0 Å². The zero-order chi connectivity index (χ0) is 14.6. The predicted octanol–water partition coefficient (Wildman–Crippen LogP) is 1.07. The van der Waals surface area contributed by atoms with E-state index < -0.39 is 26.8 Å². The van der Waals surface area contributed by atoms with Crippen molar-refractivity contribution < 1.29 is 27.5 Å². The summed E-state index contributed by atoms with van der Waals surface area (Å²) in [6.07, 6.45) is 2.99. The van der Waals surface area contributed by atoms with Crippen molar-refractivity contribution in [1.29, 1.82) is 0 Å². The van der Waals surface area contributed by atoms with Crippen LogP contribution in [0.3, 0.4) is 0 Å². The topological polar surface area (TPSA) is 106 Å². The number of hydrogen-bond acceptors (Lipinski definition) is 5. The molecule has 7 nitrogen and oxygen atoms in total. The first kappa shape index (κ1) is 15.0. The quantitative estimate of drug-likeness (QED) is 0.661. The highest BCUT2D eigenvalue weighted by molar-refractivity contribution is 7.89. The van der Waals surface area contributed by atoms with Gasteiger partial charge in [0.05, 0.1) is 0 Å². The van der Waals surface area contributed by atoms with Crippen LogP contribution >= 0.6 is 0 Å². The van der Waals surface area contributed by atoms with Crippen molar-refractivity contribution in [2.24, 2.45) is 5.92 Å². The fourth-order valence-corrected chi connectivity index (χ4v) is 2.57. The Bertz CT molecular complexity index is 560. The highest BCUT2D eigenvalue weighted by Gasteiger charge is 2.22. The summed E-state index contributed by atoms with van der Waals surface area (Å²) in [5, 5.41) is 8.27. The average Bonchev–Trinajstić information content (AvgIpc) is 3.05. The van der Waals surface area contributed by atoms with Crippen LogP contribution in [0.5, 0.6) is 0 Å². The second-order valence-electron chi connectivity index (χ2n) is 4.69. The highest BCUT2D eigenvalue weighted by atomic mass is 32.2. The maximum absolute atomic E-state index is 11.8. The van der Waals surface area contributed by atoms with E-state index in [9.17, 15) is 13.2 Å². The molecule has 0 saturated heterocycles. The fourth-order valence-electron chi connectivity index (χ4n) is 1.57. The smallest absolute Gasteiger partial charge is 0.371 e. The first-order chi connectivity index (χ1) is 9.49. The van der Waals surface area contributed by atoms with Gasteiger partial charge in [-0.3, -0.25) is 0 Å². The lowest BCUT2D eigenvalue weighted by Gasteiger charge is -2.05. The van der Waals surface area contributed by atoms with E-state index in [1.165, 1.54) is 12.8 Å². The standard InChI is InChI=1S/C12H17NO6S/c14-12(15)10-4-5-11(19-10)20(16,17)13-6-1-7-18-8-9-2-3-9/h4-5,9,13H,1-3,6-8H2,(H,14,15). The Balaban J connectivity index is 1.73. The van der Waals surface area contributed by atoms with Gasteiger partial charge in [0.2, 0.25) is 10.9 Å². The molecule has 0 aromatic carbocycles. The summed E-state index contributed by atoms with van der Waals surface area (Å²) in [5.41, 5.74) is 0. The maximum atomic E-state index is 11.8. The Morgan fingerprint density at radius 1 is 1.45 bits per heavy atom. The van der Waals surface area contributed by atoms with Gasteiger partial charge in [-0.1, -0.05) is 0 Å². The summed E-state index contributed by atoms with van der Waals surface area (Å²) < 4.78 is 36.0. The van der Waals surface area contributed by atoms with Gasteiger partial charge in [0.15, 0.2) is 0 Å². The van der Waals surface area contributed by atoms with E-state index in [0.29, 0.717) is 18.9 Å². The monoisotopic (exact) mass is 303 g/mol. The minimum Gasteiger partial charge on any atom is -0.475 e. The predicted molar refractivity (Wildman–Crippen MR) is 69.0 cm³/mol. The van der Waals surface area contributed by atoms with Gasteiger partial charge in [-0.25, -0.2) is 17.9 Å². The van der Waals surface area contributed by atoms with Gasteiger partial charge in [-0.2, -0.15) is 0 Å². The van der Waals surface area contributed by atoms with Gasteiger partial charge >= 0.3 is 5.97 Å². The molecule has 2 N–H and O–H groups in total. The van der Waals surface area contributed by atoms with E-state index in [2.05, 4.69) is 4.72 Å². The number of nitrogens with one attached hydrogen (secondary N) is 1. The Kier molecular flexibility index (Phi) is 4.79. The van der Waals surface area contributed by atoms with Crippen LogP contribution in [-0.4, -0.2) is 39.3 Å². The van der Waals surface area contributed by atoms with Crippen LogP contribution in [0.4, 0.5) is 0 Å². The van der Waals surface area contributed by atoms with Crippen molar-refractivity contribution in [1.82, 2.24) is 4.72 Å². The van der Waals surface area contributed by atoms with Crippen LogP contribution in [0.2, 0.25) is 0 Å². The lowest BCUT2D eigenvalue weighted by molar-refractivity contribution is 0.0656. The molecule has 1 aromatic rings. The molecule has 0 radical (unpaired) electrons. The lowest BCUT2D eigenvalue weighted by atomic mass is 10.4. The van der Waals surface area contributed by atoms with Gasteiger partial charge in [-0.05, 0) is 37.3 Å². The molecule has 0 atom stereocenters. The van der Waals surface area contributed by atoms with Crippen molar-refractivity contribution in [3.05, 3.63) is 17.9 Å². The van der Waals surface area contributed by atoms with Crippen LogP contribution in [-0.2, 0) is 14.8 Å². The van der Waals surface area contributed by atoms with Gasteiger partial charge in [0.1, 0.15) is 0 Å². The van der Waals surface area contributed by atoms with Crippen LogP contribution in [0.1, 0.15) is 29.8 Å². The Morgan fingerprint density at radius 2 is 2.20 bits per heavy atom. The number of sulfonamides is 1.